The fourth-order valence-electron chi connectivity index (χ4n) is 3.06. The summed E-state index contributed by atoms with van der Waals surface area (Å²) in [4.78, 5) is 21.5. The first-order chi connectivity index (χ1) is 9.33. The number of nitrogens with zero attached hydrogens (tertiary/aromatic N) is 2. The van der Waals surface area contributed by atoms with E-state index in [1.807, 2.05) is 4.90 Å². The normalized spacial score (nSPS) is 28.6. The smallest absolute Gasteiger partial charge is 0.224 e. The van der Waals surface area contributed by atoms with E-state index in [4.69, 9.17) is 4.84 Å². The molecule has 19 heavy (non-hydrogen) atoms. The van der Waals surface area contributed by atoms with E-state index in [9.17, 15) is 4.79 Å². The maximum absolute atomic E-state index is 11.7. The SMILES string of the molecule is O=C1CCCN1C1C=C(CCN2CCCCC2)NO1. The van der Waals surface area contributed by atoms with Crippen LogP contribution in [0.25, 0.3) is 0 Å². The molecule has 3 heterocycles. The van der Waals surface area contributed by atoms with E-state index < -0.39 is 0 Å². The van der Waals surface area contributed by atoms with Gasteiger partial charge in [0, 0.05) is 31.6 Å². The highest BCUT2D eigenvalue weighted by atomic mass is 16.7. The number of piperidine rings is 1. The lowest BCUT2D eigenvalue weighted by Crippen LogP contribution is -2.36. The fraction of sp³-hybridized carbons (Fsp3) is 0.786. The van der Waals surface area contributed by atoms with Crippen molar-refractivity contribution in [2.24, 2.45) is 0 Å². The minimum absolute atomic E-state index is 0.189. The molecule has 1 N–H and O–H groups in total. The Morgan fingerprint density at radius 3 is 2.79 bits per heavy atom. The molecule has 0 bridgehead atoms. The van der Waals surface area contributed by atoms with Gasteiger partial charge in [0.05, 0.1) is 0 Å². The second-order valence-electron chi connectivity index (χ2n) is 5.65. The summed E-state index contributed by atoms with van der Waals surface area (Å²) in [6.45, 7) is 4.36. The van der Waals surface area contributed by atoms with Crippen molar-refractivity contribution in [1.82, 2.24) is 15.3 Å². The molecular weight excluding hydrogens is 242 g/mol. The summed E-state index contributed by atoms with van der Waals surface area (Å²) in [5, 5.41) is 0. The number of amides is 1. The third kappa shape index (κ3) is 3.09. The van der Waals surface area contributed by atoms with Gasteiger partial charge in [-0.1, -0.05) is 6.42 Å². The summed E-state index contributed by atoms with van der Waals surface area (Å²) in [5.74, 6) is 0.209. The van der Waals surface area contributed by atoms with E-state index in [1.54, 1.807) is 0 Å². The van der Waals surface area contributed by atoms with Gasteiger partial charge in [-0.15, -0.1) is 0 Å². The molecule has 1 unspecified atom stereocenters. The summed E-state index contributed by atoms with van der Waals surface area (Å²) in [6.07, 6.45) is 8.51. The van der Waals surface area contributed by atoms with Gasteiger partial charge in [-0.3, -0.25) is 10.3 Å². The van der Waals surface area contributed by atoms with E-state index in [0.29, 0.717) is 6.42 Å². The molecule has 0 aliphatic carbocycles. The number of nitrogens with one attached hydrogen (secondary N) is 1. The van der Waals surface area contributed by atoms with E-state index in [1.165, 1.54) is 32.4 Å². The number of likely N-dealkylation sites (tertiary alicyclic amines) is 2. The van der Waals surface area contributed by atoms with Crippen LogP contribution in [0, 0.1) is 0 Å². The Labute approximate surface area is 114 Å². The average molecular weight is 265 g/mol. The number of hydrogen-bond acceptors (Lipinski definition) is 4. The number of carbonyl (C=O) groups excluding carboxylic acids is 1. The molecule has 0 spiro atoms. The van der Waals surface area contributed by atoms with Gasteiger partial charge in [0.15, 0.2) is 6.23 Å². The first-order valence-electron chi connectivity index (χ1n) is 7.47. The molecule has 0 radical (unpaired) electrons. The van der Waals surface area contributed by atoms with Crippen LogP contribution in [0.2, 0.25) is 0 Å². The maximum atomic E-state index is 11.7. The van der Waals surface area contributed by atoms with Gasteiger partial charge < -0.3 is 9.80 Å². The molecule has 2 fully saturated rings. The van der Waals surface area contributed by atoms with E-state index >= 15 is 0 Å². The lowest BCUT2D eigenvalue weighted by atomic mass is 10.1. The summed E-state index contributed by atoms with van der Waals surface area (Å²) in [7, 11) is 0. The Hall–Kier alpha value is -1.07. The van der Waals surface area contributed by atoms with Crippen molar-refractivity contribution in [3.05, 3.63) is 11.8 Å². The Balaban J connectivity index is 1.47. The minimum Gasteiger partial charge on any atom is -0.311 e. The molecule has 0 aromatic heterocycles. The van der Waals surface area contributed by atoms with Crippen molar-refractivity contribution in [3.63, 3.8) is 0 Å². The van der Waals surface area contributed by atoms with Gasteiger partial charge in [0.2, 0.25) is 5.91 Å². The first kappa shape index (κ1) is 12.9. The van der Waals surface area contributed by atoms with Crippen LogP contribution in [0.1, 0.15) is 38.5 Å². The van der Waals surface area contributed by atoms with Crippen LogP contribution in [-0.4, -0.2) is 48.1 Å². The third-order valence-corrected chi connectivity index (χ3v) is 4.22. The van der Waals surface area contributed by atoms with Crippen LogP contribution in [0.15, 0.2) is 11.8 Å². The molecule has 0 aromatic rings. The summed E-state index contributed by atoms with van der Waals surface area (Å²) < 4.78 is 0. The van der Waals surface area contributed by atoms with E-state index in [0.717, 1.165) is 31.6 Å². The zero-order chi connectivity index (χ0) is 13.1. The van der Waals surface area contributed by atoms with Gasteiger partial charge in [0.25, 0.3) is 0 Å². The van der Waals surface area contributed by atoms with Crippen LogP contribution >= 0.6 is 0 Å². The van der Waals surface area contributed by atoms with Crippen LogP contribution in [0.3, 0.4) is 0 Å². The van der Waals surface area contributed by atoms with Crippen molar-refractivity contribution in [3.8, 4) is 0 Å². The lowest BCUT2D eigenvalue weighted by Gasteiger charge is -2.26. The van der Waals surface area contributed by atoms with Crippen LogP contribution < -0.4 is 5.48 Å². The first-order valence-corrected chi connectivity index (χ1v) is 7.47. The van der Waals surface area contributed by atoms with Gasteiger partial charge >= 0.3 is 0 Å². The van der Waals surface area contributed by atoms with Crippen molar-refractivity contribution < 1.29 is 9.63 Å². The molecule has 0 saturated carbocycles. The molecule has 1 amide bonds. The molecule has 5 heteroatoms. The fourth-order valence-corrected chi connectivity index (χ4v) is 3.06. The molecule has 106 valence electrons. The Morgan fingerprint density at radius 2 is 2.05 bits per heavy atom. The highest BCUT2D eigenvalue weighted by molar-refractivity contribution is 5.78. The monoisotopic (exact) mass is 265 g/mol. The standard InChI is InChI=1S/C14H23N3O2/c18-13-5-4-9-17(13)14-11-12(15-19-14)6-10-16-7-2-1-3-8-16/h11,14-15H,1-10H2. The molecule has 3 rings (SSSR count). The average Bonchev–Trinajstić information content (AvgIpc) is 3.06. The zero-order valence-corrected chi connectivity index (χ0v) is 11.4. The second kappa shape index (κ2) is 5.92. The van der Waals surface area contributed by atoms with Crippen LogP contribution in [-0.2, 0) is 9.63 Å². The Kier molecular flexibility index (Phi) is 4.03. The van der Waals surface area contributed by atoms with Crippen LogP contribution in [0.5, 0.6) is 0 Å². The number of hydrogen-bond donors (Lipinski definition) is 1. The van der Waals surface area contributed by atoms with Gasteiger partial charge in [-0.05, 0) is 38.4 Å². The van der Waals surface area contributed by atoms with Crippen molar-refractivity contribution in [2.45, 2.75) is 44.8 Å². The molecule has 0 aromatic carbocycles. The highest BCUT2D eigenvalue weighted by Crippen LogP contribution is 2.20. The second-order valence-corrected chi connectivity index (χ2v) is 5.65. The number of rotatable bonds is 4. The third-order valence-electron chi connectivity index (χ3n) is 4.22. The molecule has 5 nitrogen and oxygen atoms in total. The molecular formula is C14H23N3O2. The van der Waals surface area contributed by atoms with Crippen molar-refractivity contribution in [1.29, 1.82) is 0 Å². The van der Waals surface area contributed by atoms with E-state index in [2.05, 4.69) is 16.5 Å². The predicted molar refractivity (Wildman–Crippen MR) is 71.9 cm³/mol. The van der Waals surface area contributed by atoms with E-state index in [-0.39, 0.29) is 12.1 Å². The summed E-state index contributed by atoms with van der Waals surface area (Å²) in [6, 6.07) is 0. The molecule has 3 aliphatic heterocycles. The quantitative estimate of drug-likeness (QED) is 0.830. The Morgan fingerprint density at radius 1 is 1.21 bits per heavy atom. The van der Waals surface area contributed by atoms with Crippen LogP contribution in [0.4, 0.5) is 0 Å². The maximum Gasteiger partial charge on any atom is 0.224 e. The summed E-state index contributed by atoms with van der Waals surface area (Å²) >= 11 is 0. The van der Waals surface area contributed by atoms with Gasteiger partial charge in [-0.25, -0.2) is 4.84 Å². The molecule has 3 aliphatic rings. The number of carbonyl (C=O) groups is 1. The topological polar surface area (TPSA) is 44.8 Å². The highest BCUT2D eigenvalue weighted by Gasteiger charge is 2.30. The molecule has 1 atom stereocenters. The van der Waals surface area contributed by atoms with Gasteiger partial charge in [0.1, 0.15) is 0 Å². The number of hydroxylamine groups is 1. The lowest BCUT2D eigenvalue weighted by molar-refractivity contribution is -0.139. The van der Waals surface area contributed by atoms with Crippen molar-refractivity contribution >= 4 is 5.91 Å². The summed E-state index contributed by atoms with van der Waals surface area (Å²) in [5.41, 5.74) is 4.10. The molecule has 2 saturated heterocycles. The van der Waals surface area contributed by atoms with Gasteiger partial charge in [-0.2, -0.15) is 0 Å². The zero-order valence-electron chi connectivity index (χ0n) is 11.4. The Bertz CT molecular complexity index is 364. The minimum atomic E-state index is -0.189. The van der Waals surface area contributed by atoms with Crippen molar-refractivity contribution in [2.75, 3.05) is 26.2 Å². The predicted octanol–water partition coefficient (Wildman–Crippen LogP) is 1.23. The largest absolute Gasteiger partial charge is 0.311 e.